The second-order valence-electron chi connectivity index (χ2n) is 4.34. The maximum Gasteiger partial charge on any atom is 0.258 e. The summed E-state index contributed by atoms with van der Waals surface area (Å²) < 4.78 is 0. The number of amides is 2. The van der Waals surface area contributed by atoms with Crippen molar-refractivity contribution >= 4 is 39.5 Å². The average Bonchev–Trinajstić information content (AvgIpc) is 2.54. The lowest BCUT2D eigenvalue weighted by Crippen LogP contribution is -2.22. The zero-order chi connectivity index (χ0) is 15.8. The van der Waals surface area contributed by atoms with Gasteiger partial charge in [-0.1, -0.05) is 46.7 Å². The maximum absolute atomic E-state index is 12.0. The zero-order valence-corrected chi connectivity index (χ0v) is 13.5. The summed E-state index contributed by atoms with van der Waals surface area (Å²) in [5, 5.41) is 4.76. The van der Waals surface area contributed by atoms with E-state index in [0.717, 1.165) is 16.2 Å². The first kappa shape index (κ1) is 16.3. The van der Waals surface area contributed by atoms with Gasteiger partial charge >= 0.3 is 0 Å². The molecule has 4 nitrogen and oxygen atoms in total. The highest BCUT2D eigenvalue weighted by atomic mass is 33.1. The minimum Gasteiger partial charge on any atom is -0.295 e. The van der Waals surface area contributed by atoms with Gasteiger partial charge in [-0.15, -0.1) is 0 Å². The van der Waals surface area contributed by atoms with Gasteiger partial charge in [0.1, 0.15) is 5.03 Å². The Labute approximate surface area is 136 Å². The fourth-order valence-corrected chi connectivity index (χ4v) is 3.38. The van der Waals surface area contributed by atoms with E-state index >= 15 is 0 Å². The second kappa shape index (κ2) is 8.41. The lowest BCUT2D eigenvalue weighted by atomic mass is 10.1. The summed E-state index contributed by atoms with van der Waals surface area (Å²) in [5.41, 5.74) is 2.31. The van der Waals surface area contributed by atoms with Crippen molar-refractivity contribution in [2.45, 2.75) is 11.9 Å². The topological polar surface area (TPSA) is 59.1 Å². The van der Waals surface area contributed by atoms with E-state index in [9.17, 15) is 9.59 Å². The number of nitrogens with one attached hydrogen (secondary N) is 1. The van der Waals surface area contributed by atoms with Crippen LogP contribution in [-0.4, -0.2) is 17.3 Å². The van der Waals surface area contributed by atoms with Gasteiger partial charge in [0.2, 0.25) is 6.41 Å². The normalized spacial score (nSPS) is 11.0. The SMILES string of the molecule is Cc1ccc(/C(=C/SSc2ccccn2)C(=O)NC=O)cc1. The van der Waals surface area contributed by atoms with Gasteiger partial charge in [0, 0.05) is 6.20 Å². The molecule has 22 heavy (non-hydrogen) atoms. The van der Waals surface area contributed by atoms with E-state index in [1.54, 1.807) is 11.6 Å². The Hall–Kier alpha value is -2.05. The van der Waals surface area contributed by atoms with Crippen LogP contribution in [0.25, 0.3) is 5.57 Å². The largest absolute Gasteiger partial charge is 0.295 e. The first-order valence-corrected chi connectivity index (χ1v) is 8.68. The monoisotopic (exact) mass is 330 g/mol. The summed E-state index contributed by atoms with van der Waals surface area (Å²) in [6, 6.07) is 13.2. The molecule has 2 rings (SSSR count). The summed E-state index contributed by atoms with van der Waals surface area (Å²) in [5.74, 6) is -0.423. The van der Waals surface area contributed by atoms with E-state index in [1.807, 2.05) is 49.4 Å². The van der Waals surface area contributed by atoms with Crippen LogP contribution in [0.15, 0.2) is 59.1 Å². The van der Waals surface area contributed by atoms with Crippen molar-refractivity contribution in [3.63, 3.8) is 0 Å². The molecular formula is C16H14N2O2S2. The van der Waals surface area contributed by atoms with E-state index in [2.05, 4.69) is 10.3 Å². The Kier molecular flexibility index (Phi) is 6.24. The van der Waals surface area contributed by atoms with Crippen LogP contribution in [0.2, 0.25) is 0 Å². The highest BCUT2D eigenvalue weighted by Crippen LogP contribution is 2.32. The fraction of sp³-hybridized carbons (Fsp3) is 0.0625. The maximum atomic E-state index is 12.0. The molecule has 0 aliphatic heterocycles. The number of carbonyl (C=O) groups is 2. The molecule has 112 valence electrons. The average molecular weight is 330 g/mol. The molecule has 1 N–H and O–H groups in total. The number of rotatable bonds is 6. The molecule has 2 aromatic rings. The van der Waals surface area contributed by atoms with Crippen molar-refractivity contribution in [3.05, 3.63) is 65.2 Å². The molecular weight excluding hydrogens is 316 g/mol. The zero-order valence-electron chi connectivity index (χ0n) is 11.9. The first-order valence-electron chi connectivity index (χ1n) is 6.47. The van der Waals surface area contributed by atoms with Crippen molar-refractivity contribution in [2.24, 2.45) is 0 Å². The van der Waals surface area contributed by atoms with Crippen LogP contribution in [0, 0.1) is 6.92 Å². The summed E-state index contributed by atoms with van der Waals surface area (Å²) in [7, 11) is 2.83. The molecule has 2 amide bonds. The van der Waals surface area contributed by atoms with Gasteiger partial charge in [-0.25, -0.2) is 4.98 Å². The molecule has 6 heteroatoms. The van der Waals surface area contributed by atoms with Crippen LogP contribution in [-0.2, 0) is 9.59 Å². The smallest absolute Gasteiger partial charge is 0.258 e. The molecule has 0 fully saturated rings. The highest BCUT2D eigenvalue weighted by molar-refractivity contribution is 8.77. The van der Waals surface area contributed by atoms with Gasteiger partial charge in [-0.3, -0.25) is 14.9 Å². The third kappa shape index (κ3) is 4.75. The number of hydrogen-bond acceptors (Lipinski definition) is 5. The van der Waals surface area contributed by atoms with Gasteiger partial charge < -0.3 is 0 Å². The van der Waals surface area contributed by atoms with Crippen molar-refractivity contribution in [2.75, 3.05) is 0 Å². The van der Waals surface area contributed by atoms with E-state index in [-0.39, 0.29) is 0 Å². The number of aromatic nitrogens is 1. The minimum atomic E-state index is -0.423. The predicted octanol–water partition coefficient (Wildman–Crippen LogP) is 3.44. The van der Waals surface area contributed by atoms with Crippen molar-refractivity contribution < 1.29 is 9.59 Å². The summed E-state index contributed by atoms with van der Waals surface area (Å²) >= 11 is 0. The molecule has 1 aromatic heterocycles. The van der Waals surface area contributed by atoms with E-state index in [0.29, 0.717) is 12.0 Å². The number of aryl methyl sites for hydroxylation is 1. The number of pyridine rings is 1. The van der Waals surface area contributed by atoms with Crippen LogP contribution < -0.4 is 5.32 Å². The van der Waals surface area contributed by atoms with Crippen LogP contribution in [0.3, 0.4) is 0 Å². The molecule has 0 aliphatic carbocycles. The van der Waals surface area contributed by atoms with E-state index < -0.39 is 5.91 Å². The molecule has 0 unspecified atom stereocenters. The van der Waals surface area contributed by atoms with Crippen molar-refractivity contribution in [1.82, 2.24) is 10.3 Å². The molecule has 1 heterocycles. The van der Waals surface area contributed by atoms with Crippen LogP contribution in [0.4, 0.5) is 0 Å². The summed E-state index contributed by atoms with van der Waals surface area (Å²) in [4.78, 5) is 26.7. The Bertz CT molecular complexity index is 670. The summed E-state index contributed by atoms with van der Waals surface area (Å²) in [6.07, 6.45) is 2.10. The Balaban J connectivity index is 2.16. The van der Waals surface area contributed by atoms with Gasteiger partial charge in [0.25, 0.3) is 5.91 Å². The summed E-state index contributed by atoms with van der Waals surface area (Å²) in [6.45, 7) is 1.98. The number of hydrogen-bond donors (Lipinski definition) is 1. The fourth-order valence-electron chi connectivity index (χ4n) is 1.63. The lowest BCUT2D eigenvalue weighted by molar-refractivity contribution is -0.121. The molecule has 0 aliphatic rings. The Morgan fingerprint density at radius 1 is 1.18 bits per heavy atom. The van der Waals surface area contributed by atoms with Gasteiger partial charge in [0.05, 0.1) is 5.57 Å². The Morgan fingerprint density at radius 2 is 1.95 bits per heavy atom. The third-order valence-corrected chi connectivity index (χ3v) is 4.66. The molecule has 0 saturated heterocycles. The van der Waals surface area contributed by atoms with Crippen LogP contribution in [0.5, 0.6) is 0 Å². The molecule has 1 aromatic carbocycles. The molecule has 0 spiro atoms. The number of benzene rings is 1. The second-order valence-corrected chi connectivity index (χ2v) is 6.43. The number of carbonyl (C=O) groups excluding carboxylic acids is 2. The van der Waals surface area contributed by atoms with Gasteiger partial charge in [0.15, 0.2) is 0 Å². The highest BCUT2D eigenvalue weighted by Gasteiger charge is 2.11. The first-order chi connectivity index (χ1) is 10.7. The van der Waals surface area contributed by atoms with Crippen LogP contribution >= 0.6 is 21.6 Å². The van der Waals surface area contributed by atoms with Crippen molar-refractivity contribution in [3.8, 4) is 0 Å². The Morgan fingerprint density at radius 3 is 2.59 bits per heavy atom. The van der Waals surface area contributed by atoms with Gasteiger partial charge in [-0.05, 0) is 40.8 Å². The number of nitrogens with zero attached hydrogens (tertiary/aromatic N) is 1. The van der Waals surface area contributed by atoms with Crippen LogP contribution in [0.1, 0.15) is 11.1 Å². The molecule has 0 atom stereocenters. The molecule has 0 bridgehead atoms. The molecule has 0 saturated carbocycles. The van der Waals surface area contributed by atoms with E-state index in [4.69, 9.17) is 0 Å². The van der Waals surface area contributed by atoms with Crippen molar-refractivity contribution in [1.29, 1.82) is 0 Å². The minimum absolute atomic E-state index is 0.390. The lowest BCUT2D eigenvalue weighted by Gasteiger charge is -2.06. The van der Waals surface area contributed by atoms with Gasteiger partial charge in [-0.2, -0.15) is 0 Å². The van der Waals surface area contributed by atoms with E-state index in [1.165, 1.54) is 21.6 Å². The number of imide groups is 1. The third-order valence-electron chi connectivity index (χ3n) is 2.73. The standard InChI is InChI=1S/C16H14N2O2S2/c1-12-5-7-13(8-6-12)14(16(20)18-11-19)10-21-22-15-4-2-3-9-17-15/h2-11H,1H3,(H,18,19,20)/b14-10-. The molecule has 0 radical (unpaired) electrons. The quantitative estimate of drug-likeness (QED) is 0.499. The predicted molar refractivity (Wildman–Crippen MR) is 91.0 cm³/mol.